The zero-order chi connectivity index (χ0) is 20.1. The molecule has 1 unspecified atom stereocenters. The van der Waals surface area contributed by atoms with Gasteiger partial charge < -0.3 is 19.9 Å². The summed E-state index contributed by atoms with van der Waals surface area (Å²) < 4.78 is 5.68. The molecule has 29 heavy (non-hydrogen) atoms. The molecular weight excluding hydrogens is 384 g/mol. The Hall–Kier alpha value is -1.30. The summed E-state index contributed by atoms with van der Waals surface area (Å²) in [6.45, 7) is 8.44. The molecule has 3 aliphatic rings. The molecule has 5 nitrogen and oxygen atoms in total. The van der Waals surface area contributed by atoms with Crippen LogP contribution in [0.4, 0.5) is 0 Å². The maximum atomic E-state index is 6.61. The van der Waals surface area contributed by atoms with Crippen LogP contribution in [0.5, 0.6) is 0 Å². The Morgan fingerprint density at radius 2 is 1.97 bits per heavy atom. The molecule has 3 aliphatic heterocycles. The Bertz CT molecular complexity index is 698. The fraction of sp³-hybridized carbons (Fsp3) is 0.696. The van der Waals surface area contributed by atoms with Gasteiger partial charge in [0.25, 0.3) is 0 Å². The molecule has 0 radical (unpaired) electrons. The Morgan fingerprint density at radius 3 is 2.69 bits per heavy atom. The lowest BCUT2D eigenvalue weighted by Crippen LogP contribution is -2.49. The maximum Gasteiger partial charge on any atom is 0.193 e. The number of hydrogen-bond acceptors (Lipinski definition) is 3. The van der Waals surface area contributed by atoms with Gasteiger partial charge in [0.2, 0.25) is 0 Å². The molecule has 0 saturated carbocycles. The van der Waals surface area contributed by atoms with Gasteiger partial charge in [0.15, 0.2) is 5.96 Å². The van der Waals surface area contributed by atoms with Crippen molar-refractivity contribution in [3.63, 3.8) is 0 Å². The summed E-state index contributed by atoms with van der Waals surface area (Å²) >= 11 is 6.61. The molecule has 0 aliphatic carbocycles. The van der Waals surface area contributed by atoms with Crippen LogP contribution in [0, 0.1) is 5.92 Å². The number of guanidine groups is 1. The van der Waals surface area contributed by atoms with Crippen molar-refractivity contribution in [2.45, 2.75) is 37.5 Å². The van der Waals surface area contributed by atoms with Crippen LogP contribution in [0.1, 0.15) is 37.7 Å². The molecule has 1 aromatic carbocycles. The number of nitrogens with zero attached hydrogens (tertiary/aromatic N) is 3. The summed E-state index contributed by atoms with van der Waals surface area (Å²) in [5.74, 6) is 1.79. The predicted molar refractivity (Wildman–Crippen MR) is 120 cm³/mol. The topological polar surface area (TPSA) is 40.1 Å². The van der Waals surface area contributed by atoms with Crippen LogP contribution >= 0.6 is 11.6 Å². The number of hydrogen-bond donors (Lipinski definition) is 1. The van der Waals surface area contributed by atoms with E-state index in [-0.39, 0.29) is 5.41 Å². The first-order valence-electron chi connectivity index (χ1n) is 11.2. The molecule has 160 valence electrons. The molecular formula is C23H35ClN4O. The van der Waals surface area contributed by atoms with E-state index in [0.717, 1.165) is 62.6 Å². The second-order valence-electron chi connectivity index (χ2n) is 8.88. The third kappa shape index (κ3) is 4.89. The van der Waals surface area contributed by atoms with Crippen molar-refractivity contribution >= 4 is 17.6 Å². The summed E-state index contributed by atoms with van der Waals surface area (Å²) in [7, 11) is 1.91. The number of halogens is 1. The number of benzene rings is 1. The van der Waals surface area contributed by atoms with Gasteiger partial charge in [-0.15, -0.1) is 0 Å². The van der Waals surface area contributed by atoms with Gasteiger partial charge in [-0.25, -0.2) is 0 Å². The van der Waals surface area contributed by atoms with Gasteiger partial charge >= 0.3 is 0 Å². The predicted octanol–water partition coefficient (Wildman–Crippen LogP) is 3.38. The van der Waals surface area contributed by atoms with Crippen molar-refractivity contribution < 1.29 is 4.74 Å². The summed E-state index contributed by atoms with van der Waals surface area (Å²) in [6, 6.07) is 8.29. The molecule has 1 atom stereocenters. The summed E-state index contributed by atoms with van der Waals surface area (Å²) in [5, 5.41) is 4.57. The lowest BCUT2D eigenvalue weighted by molar-refractivity contribution is 0.0512. The Morgan fingerprint density at radius 1 is 1.21 bits per heavy atom. The van der Waals surface area contributed by atoms with Crippen LogP contribution in [0.15, 0.2) is 29.3 Å². The Labute approximate surface area is 180 Å². The quantitative estimate of drug-likeness (QED) is 0.587. The summed E-state index contributed by atoms with van der Waals surface area (Å²) in [6.07, 6.45) is 5.97. The van der Waals surface area contributed by atoms with Gasteiger partial charge in [-0.2, -0.15) is 0 Å². The van der Waals surface area contributed by atoms with Crippen LogP contribution in [0.3, 0.4) is 0 Å². The standard InChI is InChI=1S/C23H35ClN4O/c1-25-22(28-13-8-19(17-28)16-27-11-4-5-12-27)26-18-23(9-14-29-15-10-23)20-6-2-3-7-21(20)24/h2-3,6-7,19H,4-5,8-18H2,1H3,(H,25,26). The maximum absolute atomic E-state index is 6.61. The minimum Gasteiger partial charge on any atom is -0.381 e. The van der Waals surface area contributed by atoms with Crippen LogP contribution in [-0.4, -0.2) is 75.3 Å². The summed E-state index contributed by atoms with van der Waals surface area (Å²) in [5.41, 5.74) is 1.24. The third-order valence-electron chi connectivity index (χ3n) is 6.99. The van der Waals surface area contributed by atoms with E-state index in [4.69, 9.17) is 16.3 Å². The molecule has 1 N–H and O–H groups in total. The van der Waals surface area contributed by atoms with E-state index in [2.05, 4.69) is 32.2 Å². The average Bonchev–Trinajstić information content (AvgIpc) is 3.42. The summed E-state index contributed by atoms with van der Waals surface area (Å²) in [4.78, 5) is 9.70. The zero-order valence-corrected chi connectivity index (χ0v) is 18.5. The molecule has 0 amide bonds. The van der Waals surface area contributed by atoms with Crippen LogP contribution in [0.2, 0.25) is 5.02 Å². The van der Waals surface area contributed by atoms with Gasteiger partial charge in [-0.3, -0.25) is 4.99 Å². The minimum atomic E-state index is 0.00120. The van der Waals surface area contributed by atoms with Crippen LogP contribution in [0.25, 0.3) is 0 Å². The van der Waals surface area contributed by atoms with Crippen molar-refractivity contribution in [1.29, 1.82) is 0 Å². The number of likely N-dealkylation sites (tertiary alicyclic amines) is 2. The van der Waals surface area contributed by atoms with E-state index in [1.807, 2.05) is 19.2 Å². The van der Waals surface area contributed by atoms with E-state index in [9.17, 15) is 0 Å². The fourth-order valence-electron chi connectivity index (χ4n) is 5.28. The van der Waals surface area contributed by atoms with Crippen LogP contribution < -0.4 is 5.32 Å². The van der Waals surface area contributed by atoms with Crippen molar-refractivity contribution in [2.24, 2.45) is 10.9 Å². The second-order valence-corrected chi connectivity index (χ2v) is 9.29. The fourth-order valence-corrected chi connectivity index (χ4v) is 5.62. The molecule has 0 bridgehead atoms. The highest BCUT2D eigenvalue weighted by Crippen LogP contribution is 2.38. The molecule has 1 aromatic rings. The Balaban J connectivity index is 1.39. The van der Waals surface area contributed by atoms with Gasteiger partial charge in [0.05, 0.1) is 0 Å². The number of rotatable bonds is 5. The first-order chi connectivity index (χ1) is 14.2. The van der Waals surface area contributed by atoms with Gasteiger partial charge in [0.1, 0.15) is 0 Å². The number of nitrogens with one attached hydrogen (secondary N) is 1. The molecule has 3 fully saturated rings. The monoisotopic (exact) mass is 418 g/mol. The van der Waals surface area contributed by atoms with E-state index < -0.39 is 0 Å². The normalized spacial score (nSPS) is 25.5. The minimum absolute atomic E-state index is 0.00120. The number of aliphatic imine (C=N–C) groups is 1. The van der Waals surface area contributed by atoms with Crippen molar-refractivity contribution in [3.8, 4) is 0 Å². The lowest BCUT2D eigenvalue weighted by Gasteiger charge is -2.39. The van der Waals surface area contributed by atoms with E-state index in [1.54, 1.807) is 0 Å². The Kier molecular flexibility index (Phi) is 6.99. The van der Waals surface area contributed by atoms with Gasteiger partial charge in [0, 0.05) is 56.9 Å². The number of ether oxygens (including phenoxy) is 1. The average molecular weight is 419 g/mol. The molecule has 0 aromatic heterocycles. The van der Waals surface area contributed by atoms with E-state index in [1.165, 1.54) is 44.5 Å². The zero-order valence-electron chi connectivity index (χ0n) is 17.7. The molecule has 4 rings (SSSR count). The van der Waals surface area contributed by atoms with Gasteiger partial charge in [-0.05, 0) is 62.7 Å². The van der Waals surface area contributed by atoms with Crippen molar-refractivity contribution in [2.75, 3.05) is 59.5 Å². The first kappa shape index (κ1) is 21.0. The molecule has 6 heteroatoms. The highest BCUT2D eigenvalue weighted by atomic mass is 35.5. The highest BCUT2D eigenvalue weighted by molar-refractivity contribution is 6.31. The molecule has 0 spiro atoms. The van der Waals surface area contributed by atoms with Crippen LogP contribution in [-0.2, 0) is 10.2 Å². The lowest BCUT2D eigenvalue weighted by atomic mass is 9.74. The largest absolute Gasteiger partial charge is 0.381 e. The second kappa shape index (κ2) is 9.67. The van der Waals surface area contributed by atoms with Crippen molar-refractivity contribution in [3.05, 3.63) is 34.9 Å². The first-order valence-corrected chi connectivity index (χ1v) is 11.6. The molecule has 3 saturated heterocycles. The molecule has 3 heterocycles. The smallest absolute Gasteiger partial charge is 0.193 e. The highest BCUT2D eigenvalue weighted by Gasteiger charge is 2.37. The third-order valence-corrected chi connectivity index (χ3v) is 7.32. The van der Waals surface area contributed by atoms with Gasteiger partial charge in [-0.1, -0.05) is 29.8 Å². The SMILES string of the molecule is CN=C(NCC1(c2ccccc2Cl)CCOCC1)N1CCC(CN2CCCC2)C1. The van der Waals surface area contributed by atoms with E-state index >= 15 is 0 Å². The van der Waals surface area contributed by atoms with Crippen molar-refractivity contribution in [1.82, 2.24) is 15.1 Å². The van der Waals surface area contributed by atoms with E-state index in [0.29, 0.717) is 0 Å².